The second kappa shape index (κ2) is 5.76. The van der Waals surface area contributed by atoms with Gasteiger partial charge in [0.05, 0.1) is 0 Å². The number of halogens is 1. The molecule has 0 spiro atoms. The van der Waals surface area contributed by atoms with Crippen LogP contribution < -0.4 is 0 Å². The quantitative estimate of drug-likeness (QED) is 0.508. The first-order chi connectivity index (χ1) is 9.15. The number of aromatic hydroxyl groups is 1. The van der Waals surface area contributed by atoms with Gasteiger partial charge in [-0.2, -0.15) is 0 Å². The Morgan fingerprint density at radius 2 is 1.84 bits per heavy atom. The van der Waals surface area contributed by atoms with Crippen LogP contribution in [0, 0.1) is 0 Å². The molecule has 0 bridgehead atoms. The molecule has 2 rings (SSSR count). The number of benzene rings is 2. The van der Waals surface area contributed by atoms with Gasteiger partial charge in [-0.05, 0) is 36.2 Å². The predicted molar refractivity (Wildman–Crippen MR) is 76.4 cm³/mol. The van der Waals surface area contributed by atoms with Gasteiger partial charge < -0.3 is 10.3 Å². The Hall–Kier alpha value is -2.00. The van der Waals surface area contributed by atoms with Crippen molar-refractivity contribution in [2.75, 3.05) is 0 Å². The maximum absolute atomic E-state index is 10.0. The fourth-order valence-electron chi connectivity index (χ4n) is 1.87. The van der Waals surface area contributed by atoms with Gasteiger partial charge in [-0.15, -0.1) is 0 Å². The Bertz CT molecular complexity index is 606. The summed E-state index contributed by atoms with van der Waals surface area (Å²) in [5, 5.41) is 23.1. The van der Waals surface area contributed by atoms with Crippen molar-refractivity contribution in [3.05, 3.63) is 64.2 Å². The topological polar surface area (TPSA) is 52.8 Å². The molecule has 2 N–H and O–H groups in total. The minimum absolute atomic E-state index is 0.0992. The van der Waals surface area contributed by atoms with Crippen LogP contribution >= 0.6 is 11.6 Å². The third-order valence-corrected chi connectivity index (χ3v) is 3.20. The van der Waals surface area contributed by atoms with E-state index in [1.165, 1.54) is 0 Å². The van der Waals surface area contributed by atoms with Crippen LogP contribution in [0.5, 0.6) is 5.75 Å². The lowest BCUT2D eigenvalue weighted by atomic mass is 9.99. The maximum atomic E-state index is 10.0. The fourth-order valence-corrected chi connectivity index (χ4v) is 2.00. The van der Waals surface area contributed by atoms with E-state index in [2.05, 4.69) is 5.16 Å². The summed E-state index contributed by atoms with van der Waals surface area (Å²) in [6.45, 7) is 2.01. The monoisotopic (exact) mass is 275 g/mol. The molecule has 2 aromatic rings. The Labute approximate surface area is 116 Å². The second-order valence-electron chi connectivity index (χ2n) is 4.16. The smallest absolute Gasteiger partial charge is 0.125 e. The molecule has 3 nitrogen and oxygen atoms in total. The summed E-state index contributed by atoms with van der Waals surface area (Å²) in [7, 11) is 0. The number of phenolic OH excluding ortho intramolecular Hbond substituents is 1. The van der Waals surface area contributed by atoms with Crippen molar-refractivity contribution in [2.24, 2.45) is 5.16 Å². The summed E-state index contributed by atoms with van der Waals surface area (Å²) < 4.78 is 0. The zero-order chi connectivity index (χ0) is 13.8. The molecule has 0 atom stereocenters. The molecule has 0 aliphatic heterocycles. The van der Waals surface area contributed by atoms with Crippen LogP contribution in [0.25, 0.3) is 0 Å². The number of hydrogen-bond donors (Lipinski definition) is 2. The molecule has 4 heteroatoms. The van der Waals surface area contributed by atoms with E-state index < -0.39 is 0 Å². The van der Waals surface area contributed by atoms with Crippen molar-refractivity contribution in [3.8, 4) is 5.75 Å². The first kappa shape index (κ1) is 13.4. The van der Waals surface area contributed by atoms with Gasteiger partial charge in [0.2, 0.25) is 0 Å². The third kappa shape index (κ3) is 2.88. The average molecular weight is 276 g/mol. The highest BCUT2D eigenvalue weighted by atomic mass is 35.5. The van der Waals surface area contributed by atoms with Crippen molar-refractivity contribution < 1.29 is 10.3 Å². The lowest BCUT2D eigenvalue weighted by Crippen LogP contribution is -2.04. The lowest BCUT2D eigenvalue weighted by Gasteiger charge is -2.08. The molecule has 98 valence electrons. The number of oxime groups is 1. The molecule has 0 fully saturated rings. The van der Waals surface area contributed by atoms with Crippen molar-refractivity contribution in [1.82, 2.24) is 0 Å². The highest BCUT2D eigenvalue weighted by molar-refractivity contribution is 6.30. The van der Waals surface area contributed by atoms with Crippen LogP contribution in [0.15, 0.2) is 47.6 Å². The Morgan fingerprint density at radius 3 is 2.37 bits per heavy atom. The molecule has 0 unspecified atom stereocenters. The molecular weight excluding hydrogens is 262 g/mol. The normalized spacial score (nSPS) is 11.6. The zero-order valence-electron chi connectivity index (χ0n) is 10.5. The highest BCUT2D eigenvalue weighted by Gasteiger charge is 2.12. The van der Waals surface area contributed by atoms with Gasteiger partial charge in [-0.25, -0.2) is 0 Å². The van der Waals surface area contributed by atoms with Gasteiger partial charge in [-0.1, -0.05) is 41.9 Å². The van der Waals surface area contributed by atoms with Crippen LogP contribution in [-0.4, -0.2) is 16.0 Å². The Kier molecular flexibility index (Phi) is 4.07. The summed E-state index contributed by atoms with van der Waals surface area (Å²) in [6, 6.07) is 12.2. The molecule has 2 aromatic carbocycles. The number of phenols is 1. The Morgan fingerprint density at radius 1 is 1.16 bits per heavy atom. The lowest BCUT2D eigenvalue weighted by molar-refractivity contribution is 0.319. The minimum Gasteiger partial charge on any atom is -0.507 e. The van der Waals surface area contributed by atoms with Gasteiger partial charge in [0.15, 0.2) is 0 Å². The summed E-state index contributed by atoms with van der Waals surface area (Å²) in [6.07, 6.45) is 0.834. The van der Waals surface area contributed by atoms with Crippen LogP contribution in [0.2, 0.25) is 5.02 Å². The minimum atomic E-state index is 0.0992. The molecule has 0 saturated carbocycles. The van der Waals surface area contributed by atoms with Gasteiger partial charge >= 0.3 is 0 Å². The number of aryl methyl sites for hydroxylation is 1. The van der Waals surface area contributed by atoms with Crippen molar-refractivity contribution >= 4 is 17.3 Å². The van der Waals surface area contributed by atoms with Crippen molar-refractivity contribution in [1.29, 1.82) is 0 Å². The molecule has 0 saturated heterocycles. The van der Waals surface area contributed by atoms with Gasteiger partial charge in [0, 0.05) is 16.1 Å². The molecule has 0 radical (unpaired) electrons. The average Bonchev–Trinajstić information content (AvgIpc) is 2.43. The molecule has 0 heterocycles. The highest BCUT2D eigenvalue weighted by Crippen LogP contribution is 2.23. The van der Waals surface area contributed by atoms with Crippen LogP contribution in [-0.2, 0) is 6.42 Å². The number of rotatable bonds is 3. The van der Waals surface area contributed by atoms with E-state index in [1.807, 2.05) is 13.0 Å². The SMILES string of the molecule is CCc1ccc(C(=NO)c2ccc(Cl)cc2)c(O)c1. The Balaban J connectivity index is 2.46. The summed E-state index contributed by atoms with van der Waals surface area (Å²) >= 11 is 5.82. The van der Waals surface area contributed by atoms with E-state index in [0.29, 0.717) is 21.9 Å². The summed E-state index contributed by atoms with van der Waals surface area (Å²) in [4.78, 5) is 0. The van der Waals surface area contributed by atoms with Gasteiger partial charge in [0.1, 0.15) is 11.5 Å². The summed E-state index contributed by atoms with van der Waals surface area (Å²) in [5.74, 6) is 0.0992. The zero-order valence-corrected chi connectivity index (χ0v) is 11.2. The number of hydrogen-bond acceptors (Lipinski definition) is 3. The van der Waals surface area contributed by atoms with Crippen LogP contribution in [0.4, 0.5) is 0 Å². The van der Waals surface area contributed by atoms with E-state index in [9.17, 15) is 10.3 Å². The molecule has 0 aliphatic carbocycles. The standard InChI is InChI=1S/C15H14ClNO2/c1-2-10-3-8-13(14(18)9-10)15(17-19)11-4-6-12(16)7-5-11/h3-9,18-19H,2H2,1H3. The second-order valence-corrected chi connectivity index (χ2v) is 4.60. The van der Waals surface area contributed by atoms with Gasteiger partial charge in [0.25, 0.3) is 0 Å². The van der Waals surface area contributed by atoms with Crippen molar-refractivity contribution in [3.63, 3.8) is 0 Å². The fraction of sp³-hybridized carbons (Fsp3) is 0.133. The first-order valence-corrected chi connectivity index (χ1v) is 6.33. The molecule has 0 amide bonds. The van der Waals surface area contributed by atoms with Gasteiger partial charge in [-0.3, -0.25) is 0 Å². The van der Waals surface area contributed by atoms with E-state index in [0.717, 1.165) is 12.0 Å². The van der Waals surface area contributed by atoms with E-state index >= 15 is 0 Å². The van der Waals surface area contributed by atoms with E-state index in [1.54, 1.807) is 36.4 Å². The largest absolute Gasteiger partial charge is 0.507 e. The third-order valence-electron chi connectivity index (χ3n) is 2.94. The van der Waals surface area contributed by atoms with E-state index in [-0.39, 0.29) is 5.75 Å². The van der Waals surface area contributed by atoms with E-state index in [4.69, 9.17) is 11.6 Å². The predicted octanol–water partition coefficient (Wildman–Crippen LogP) is 3.83. The molecule has 0 aliphatic rings. The summed E-state index contributed by atoms with van der Waals surface area (Å²) in [5.41, 5.74) is 2.51. The molecular formula is C15H14ClNO2. The van der Waals surface area contributed by atoms with Crippen molar-refractivity contribution in [2.45, 2.75) is 13.3 Å². The molecule has 19 heavy (non-hydrogen) atoms. The molecule has 0 aromatic heterocycles. The van der Waals surface area contributed by atoms with Crippen LogP contribution in [0.1, 0.15) is 23.6 Å². The van der Waals surface area contributed by atoms with Crippen LogP contribution in [0.3, 0.4) is 0 Å². The first-order valence-electron chi connectivity index (χ1n) is 5.96. The maximum Gasteiger partial charge on any atom is 0.125 e. The number of nitrogens with zero attached hydrogens (tertiary/aromatic N) is 1.